The maximum absolute atomic E-state index is 13.0. The van der Waals surface area contributed by atoms with Gasteiger partial charge in [0.1, 0.15) is 33.6 Å². The summed E-state index contributed by atoms with van der Waals surface area (Å²) in [6.45, 7) is 4.73. The first-order valence-corrected chi connectivity index (χ1v) is 14.8. The topological polar surface area (TPSA) is 124 Å². The third-order valence-corrected chi connectivity index (χ3v) is 9.61. The molecule has 0 atom stereocenters. The number of thiophene rings is 1. The molecule has 0 bridgehead atoms. The van der Waals surface area contributed by atoms with Crippen LogP contribution in [0.25, 0.3) is 22.0 Å². The number of nitrogens with one attached hydrogen (secondary N) is 1. The van der Waals surface area contributed by atoms with Crippen molar-refractivity contribution in [2.24, 2.45) is 0 Å². The van der Waals surface area contributed by atoms with Crippen LogP contribution in [-0.2, 0) is 14.8 Å². The molecule has 0 spiro atoms. The van der Waals surface area contributed by atoms with E-state index < -0.39 is 10.0 Å². The summed E-state index contributed by atoms with van der Waals surface area (Å²) in [5.41, 5.74) is 3.01. The van der Waals surface area contributed by atoms with Gasteiger partial charge in [0.15, 0.2) is 0 Å². The molecule has 39 heavy (non-hydrogen) atoms. The number of halogens is 1. The standard InChI is InChI=1S/C26H26ClN5O5S2/c1-15-20-10-17(12-22(25(20)30-14-29-15)37-19-6-8-32(9-7-19)16(2)33)18-11-21(26(36-3)28-13-18)31-39(34,35)24-5-4-23(27)38-24/h4-5,10-14,19,31H,6-9H2,1-3H3. The second-order valence-electron chi connectivity index (χ2n) is 9.10. The Balaban J connectivity index is 1.52. The highest BCUT2D eigenvalue weighted by Gasteiger charge is 2.24. The number of sulfonamides is 1. The van der Waals surface area contributed by atoms with Crippen molar-refractivity contribution < 1.29 is 22.7 Å². The van der Waals surface area contributed by atoms with Crippen LogP contribution in [-0.4, -0.2) is 60.5 Å². The van der Waals surface area contributed by atoms with Gasteiger partial charge in [-0.1, -0.05) is 11.6 Å². The molecule has 3 aromatic heterocycles. The van der Waals surface area contributed by atoms with E-state index in [1.807, 2.05) is 24.0 Å². The van der Waals surface area contributed by atoms with Crippen LogP contribution >= 0.6 is 22.9 Å². The number of methoxy groups -OCH3 is 1. The number of likely N-dealkylation sites (tertiary alicyclic amines) is 1. The van der Waals surface area contributed by atoms with Crippen LogP contribution in [0.4, 0.5) is 5.69 Å². The number of carbonyl (C=O) groups excluding carboxylic acids is 1. The number of anilines is 1. The highest BCUT2D eigenvalue weighted by molar-refractivity contribution is 7.94. The van der Waals surface area contributed by atoms with E-state index in [0.29, 0.717) is 47.1 Å². The molecule has 1 aliphatic heterocycles. The summed E-state index contributed by atoms with van der Waals surface area (Å²) < 4.78 is 40.7. The largest absolute Gasteiger partial charge is 0.488 e. The SMILES string of the molecule is COc1ncc(-c2cc(OC3CCN(C(C)=O)CC3)c3ncnc(C)c3c2)cc1NS(=O)(=O)c1ccc(Cl)s1. The van der Waals surface area contributed by atoms with Gasteiger partial charge in [-0.3, -0.25) is 9.52 Å². The minimum Gasteiger partial charge on any atom is -0.488 e. The summed E-state index contributed by atoms with van der Waals surface area (Å²) in [5, 5.41) is 0.803. The van der Waals surface area contributed by atoms with Gasteiger partial charge in [0.05, 0.1) is 11.4 Å². The number of hydrogen-bond donors (Lipinski definition) is 1. The molecule has 13 heteroatoms. The molecule has 0 unspecified atom stereocenters. The van der Waals surface area contributed by atoms with Crippen LogP contribution in [0, 0.1) is 6.92 Å². The smallest absolute Gasteiger partial charge is 0.271 e. The zero-order valence-electron chi connectivity index (χ0n) is 21.5. The molecular weight excluding hydrogens is 562 g/mol. The average Bonchev–Trinajstić information content (AvgIpc) is 3.36. The molecule has 4 aromatic rings. The molecule has 1 amide bonds. The number of aryl methyl sites for hydroxylation is 1. The van der Waals surface area contributed by atoms with Gasteiger partial charge < -0.3 is 14.4 Å². The summed E-state index contributed by atoms with van der Waals surface area (Å²) in [7, 11) is -2.49. The molecule has 0 radical (unpaired) electrons. The van der Waals surface area contributed by atoms with Crippen molar-refractivity contribution in [2.75, 3.05) is 24.9 Å². The molecule has 0 saturated carbocycles. The molecule has 1 aliphatic rings. The van der Waals surface area contributed by atoms with Gasteiger partial charge in [0, 0.05) is 55.7 Å². The van der Waals surface area contributed by atoms with Gasteiger partial charge in [-0.05, 0) is 42.8 Å². The first-order valence-electron chi connectivity index (χ1n) is 12.1. The molecule has 1 aromatic carbocycles. The predicted octanol–water partition coefficient (Wildman–Crippen LogP) is 4.91. The van der Waals surface area contributed by atoms with Crippen molar-refractivity contribution >= 4 is 55.5 Å². The molecule has 1 N–H and O–H groups in total. The predicted molar refractivity (Wildman–Crippen MR) is 150 cm³/mol. The number of hydrogen-bond acceptors (Lipinski definition) is 9. The highest BCUT2D eigenvalue weighted by atomic mass is 35.5. The quantitative estimate of drug-likeness (QED) is 0.323. The molecule has 5 rings (SSSR count). The molecule has 1 fully saturated rings. The third kappa shape index (κ3) is 5.77. The Morgan fingerprint density at radius 1 is 1.13 bits per heavy atom. The number of benzene rings is 1. The number of piperidine rings is 1. The number of nitrogens with zero attached hydrogens (tertiary/aromatic N) is 4. The molecule has 0 aliphatic carbocycles. The minimum absolute atomic E-state index is 0.0601. The van der Waals surface area contributed by atoms with E-state index in [2.05, 4.69) is 19.7 Å². The number of carbonyl (C=O) groups is 1. The number of pyridine rings is 1. The monoisotopic (exact) mass is 587 g/mol. The fourth-order valence-corrected chi connectivity index (χ4v) is 7.00. The molecule has 204 valence electrons. The van der Waals surface area contributed by atoms with E-state index in [9.17, 15) is 13.2 Å². The van der Waals surface area contributed by atoms with E-state index in [1.165, 1.54) is 25.6 Å². The minimum atomic E-state index is -3.91. The fraction of sp³-hybridized carbons (Fsp3) is 0.308. The first kappa shape index (κ1) is 27.1. The Hall–Kier alpha value is -3.48. The third-order valence-electron chi connectivity index (χ3n) is 6.52. The lowest BCUT2D eigenvalue weighted by Gasteiger charge is -2.31. The van der Waals surface area contributed by atoms with Crippen LogP contribution in [0.15, 0.2) is 47.1 Å². The van der Waals surface area contributed by atoms with Gasteiger partial charge in [-0.15, -0.1) is 11.3 Å². The molecule has 10 nitrogen and oxygen atoms in total. The van der Waals surface area contributed by atoms with Crippen LogP contribution < -0.4 is 14.2 Å². The summed E-state index contributed by atoms with van der Waals surface area (Å²) in [4.78, 5) is 26.7. The van der Waals surface area contributed by atoms with E-state index in [1.54, 1.807) is 19.2 Å². The van der Waals surface area contributed by atoms with E-state index >= 15 is 0 Å². The number of rotatable bonds is 7. The Kier molecular flexibility index (Phi) is 7.61. The average molecular weight is 588 g/mol. The lowest BCUT2D eigenvalue weighted by atomic mass is 10.0. The molecule has 1 saturated heterocycles. The highest BCUT2D eigenvalue weighted by Crippen LogP contribution is 2.37. The number of fused-ring (bicyclic) bond motifs is 1. The van der Waals surface area contributed by atoms with Crippen molar-refractivity contribution in [3.8, 4) is 22.8 Å². The van der Waals surface area contributed by atoms with Crippen LogP contribution in [0.3, 0.4) is 0 Å². The number of amides is 1. The van der Waals surface area contributed by atoms with Crippen LogP contribution in [0.2, 0.25) is 4.34 Å². The van der Waals surface area contributed by atoms with Gasteiger partial charge >= 0.3 is 0 Å². The zero-order valence-corrected chi connectivity index (χ0v) is 23.9. The molecular formula is C26H26ClN5O5S2. The summed E-state index contributed by atoms with van der Waals surface area (Å²) in [6, 6.07) is 8.42. The maximum Gasteiger partial charge on any atom is 0.271 e. The number of ether oxygens (including phenoxy) is 2. The molecule has 4 heterocycles. The first-order chi connectivity index (χ1) is 18.6. The number of aromatic nitrogens is 3. The second kappa shape index (κ2) is 10.9. The Morgan fingerprint density at radius 3 is 2.56 bits per heavy atom. The van der Waals surface area contributed by atoms with Gasteiger partial charge in [-0.25, -0.2) is 23.4 Å². The Morgan fingerprint density at radius 2 is 1.90 bits per heavy atom. The second-order valence-corrected chi connectivity index (χ2v) is 12.7. The maximum atomic E-state index is 13.0. The van der Waals surface area contributed by atoms with Crippen molar-refractivity contribution in [2.45, 2.75) is 37.0 Å². The summed E-state index contributed by atoms with van der Waals surface area (Å²) in [5.74, 6) is 0.768. The van der Waals surface area contributed by atoms with Crippen molar-refractivity contribution in [1.82, 2.24) is 19.9 Å². The Bertz CT molecular complexity index is 1650. The van der Waals surface area contributed by atoms with Gasteiger partial charge in [0.2, 0.25) is 11.8 Å². The van der Waals surface area contributed by atoms with Crippen molar-refractivity contribution in [3.63, 3.8) is 0 Å². The van der Waals surface area contributed by atoms with E-state index in [4.69, 9.17) is 21.1 Å². The van der Waals surface area contributed by atoms with Crippen LogP contribution in [0.1, 0.15) is 25.5 Å². The summed E-state index contributed by atoms with van der Waals surface area (Å²) >= 11 is 6.90. The van der Waals surface area contributed by atoms with Crippen molar-refractivity contribution in [1.29, 1.82) is 0 Å². The lowest BCUT2D eigenvalue weighted by molar-refractivity contribution is -0.130. The van der Waals surface area contributed by atoms with Gasteiger partial charge in [0.25, 0.3) is 10.0 Å². The Labute approximate surface area is 235 Å². The fourth-order valence-electron chi connectivity index (χ4n) is 4.47. The zero-order chi connectivity index (χ0) is 27.7. The summed E-state index contributed by atoms with van der Waals surface area (Å²) in [6.07, 6.45) is 4.44. The normalized spacial score (nSPS) is 14.4. The van der Waals surface area contributed by atoms with E-state index in [0.717, 1.165) is 28.0 Å². The van der Waals surface area contributed by atoms with Crippen LogP contribution in [0.5, 0.6) is 11.6 Å². The van der Waals surface area contributed by atoms with Crippen molar-refractivity contribution in [3.05, 3.63) is 52.9 Å². The lowest BCUT2D eigenvalue weighted by Crippen LogP contribution is -2.40. The van der Waals surface area contributed by atoms with Gasteiger partial charge in [-0.2, -0.15) is 0 Å². The van der Waals surface area contributed by atoms with E-state index in [-0.39, 0.29) is 27.8 Å².